The van der Waals surface area contributed by atoms with Crippen LogP contribution in [0.3, 0.4) is 0 Å². The smallest absolute Gasteiger partial charge is 0.0328 e. The molecule has 3 heterocycles. The molecular weight excluding hydrogens is 314 g/mol. The van der Waals surface area contributed by atoms with E-state index in [1.165, 1.54) is 69.8 Å². The maximum Gasteiger partial charge on any atom is 0.0328 e. The molecular formula is C20H35N3S. The fourth-order valence-electron chi connectivity index (χ4n) is 4.24. The minimum atomic E-state index is 0.698. The van der Waals surface area contributed by atoms with E-state index in [1.54, 1.807) is 4.88 Å². The van der Waals surface area contributed by atoms with Crippen LogP contribution in [0.15, 0.2) is 12.1 Å². The zero-order chi connectivity index (χ0) is 16.9. The molecule has 0 N–H and O–H groups in total. The average Bonchev–Trinajstić information content (AvgIpc) is 3.20. The van der Waals surface area contributed by atoms with E-state index in [0.717, 1.165) is 12.5 Å². The van der Waals surface area contributed by atoms with E-state index in [4.69, 9.17) is 0 Å². The molecule has 1 aromatic rings. The molecule has 2 saturated heterocycles. The van der Waals surface area contributed by atoms with Crippen molar-refractivity contribution in [3.05, 3.63) is 21.9 Å². The number of hydrogen-bond acceptors (Lipinski definition) is 4. The van der Waals surface area contributed by atoms with Crippen LogP contribution in [0.2, 0.25) is 0 Å². The van der Waals surface area contributed by atoms with E-state index in [9.17, 15) is 0 Å². The molecule has 3 rings (SSSR count). The summed E-state index contributed by atoms with van der Waals surface area (Å²) < 4.78 is 0. The molecule has 0 aromatic carbocycles. The van der Waals surface area contributed by atoms with Crippen LogP contribution in [-0.2, 0) is 13.1 Å². The third-order valence-electron chi connectivity index (χ3n) is 5.57. The maximum atomic E-state index is 2.65. The van der Waals surface area contributed by atoms with E-state index >= 15 is 0 Å². The second-order valence-corrected chi connectivity index (χ2v) is 9.40. The number of nitrogens with zero attached hydrogens (tertiary/aromatic N) is 3. The number of thiophene rings is 1. The van der Waals surface area contributed by atoms with Crippen molar-refractivity contribution in [1.82, 2.24) is 14.7 Å². The number of hydrogen-bond donors (Lipinski definition) is 0. The monoisotopic (exact) mass is 349 g/mol. The summed E-state index contributed by atoms with van der Waals surface area (Å²) in [5.74, 6) is 0.843. The van der Waals surface area contributed by atoms with Gasteiger partial charge in [0.25, 0.3) is 0 Å². The standard InChI is InChI=1S/C20H35N3S/c1-17(2)23-12-6-7-18(14-23)13-21(3)15-19-8-9-20(24-19)16-22-10-4-5-11-22/h8-9,17-18H,4-7,10-16H2,1-3H3/t18-/m1/s1. The number of likely N-dealkylation sites (tertiary alicyclic amines) is 2. The quantitative estimate of drug-likeness (QED) is 0.739. The predicted molar refractivity (Wildman–Crippen MR) is 105 cm³/mol. The first-order chi connectivity index (χ1) is 11.6. The normalized spacial score (nSPS) is 23.6. The van der Waals surface area contributed by atoms with Gasteiger partial charge in [-0.3, -0.25) is 4.90 Å². The van der Waals surface area contributed by atoms with E-state index in [0.29, 0.717) is 6.04 Å². The first-order valence-corrected chi connectivity index (χ1v) is 10.6. The SMILES string of the molecule is CC(C)N1CCC[C@H](CN(C)Cc2ccc(CN3CCCC3)s2)C1. The Balaban J connectivity index is 1.44. The first kappa shape index (κ1) is 18.4. The van der Waals surface area contributed by atoms with Gasteiger partial charge < -0.3 is 9.80 Å². The number of piperidine rings is 1. The fourth-order valence-corrected chi connectivity index (χ4v) is 5.38. The van der Waals surface area contributed by atoms with Crippen molar-refractivity contribution >= 4 is 11.3 Å². The Morgan fingerprint density at radius 1 is 1.12 bits per heavy atom. The van der Waals surface area contributed by atoms with Crippen LogP contribution in [0.5, 0.6) is 0 Å². The Morgan fingerprint density at radius 3 is 2.62 bits per heavy atom. The van der Waals surface area contributed by atoms with Crippen LogP contribution >= 0.6 is 11.3 Å². The summed E-state index contributed by atoms with van der Waals surface area (Å²) in [4.78, 5) is 10.9. The molecule has 0 radical (unpaired) electrons. The van der Waals surface area contributed by atoms with Gasteiger partial charge in [-0.05, 0) is 84.3 Å². The highest BCUT2D eigenvalue weighted by atomic mass is 32.1. The van der Waals surface area contributed by atoms with Gasteiger partial charge in [0.15, 0.2) is 0 Å². The molecule has 24 heavy (non-hydrogen) atoms. The Hall–Kier alpha value is -0.420. The molecule has 4 heteroatoms. The Morgan fingerprint density at radius 2 is 1.88 bits per heavy atom. The average molecular weight is 350 g/mol. The lowest BCUT2D eigenvalue weighted by molar-refractivity contribution is 0.116. The molecule has 1 aromatic heterocycles. The first-order valence-electron chi connectivity index (χ1n) is 9.82. The lowest BCUT2D eigenvalue weighted by Gasteiger charge is -2.37. The molecule has 0 saturated carbocycles. The summed E-state index contributed by atoms with van der Waals surface area (Å²) in [6, 6.07) is 5.41. The van der Waals surface area contributed by atoms with Gasteiger partial charge in [0.2, 0.25) is 0 Å². The van der Waals surface area contributed by atoms with Gasteiger partial charge >= 0.3 is 0 Å². The van der Waals surface area contributed by atoms with Gasteiger partial charge in [-0.1, -0.05) is 0 Å². The van der Waals surface area contributed by atoms with Crippen molar-refractivity contribution in [2.75, 3.05) is 39.8 Å². The van der Waals surface area contributed by atoms with Crippen LogP contribution in [0, 0.1) is 5.92 Å². The van der Waals surface area contributed by atoms with Crippen molar-refractivity contribution in [2.45, 2.75) is 58.7 Å². The minimum Gasteiger partial charge on any atom is -0.301 e. The summed E-state index contributed by atoms with van der Waals surface area (Å²) in [6.07, 6.45) is 5.54. The zero-order valence-electron chi connectivity index (χ0n) is 15.8. The van der Waals surface area contributed by atoms with Gasteiger partial charge in [-0.2, -0.15) is 0 Å². The van der Waals surface area contributed by atoms with Gasteiger partial charge in [0, 0.05) is 42.0 Å². The van der Waals surface area contributed by atoms with Gasteiger partial charge in [-0.15, -0.1) is 11.3 Å². The van der Waals surface area contributed by atoms with Crippen molar-refractivity contribution < 1.29 is 0 Å². The van der Waals surface area contributed by atoms with E-state index in [2.05, 4.69) is 47.7 Å². The summed E-state index contributed by atoms with van der Waals surface area (Å²) in [7, 11) is 2.30. The molecule has 2 fully saturated rings. The molecule has 0 spiro atoms. The molecule has 2 aliphatic rings. The van der Waals surface area contributed by atoms with E-state index in [-0.39, 0.29) is 0 Å². The lowest BCUT2D eigenvalue weighted by atomic mass is 9.96. The Labute approximate surface area is 152 Å². The maximum absolute atomic E-state index is 2.65. The molecule has 0 aliphatic carbocycles. The number of rotatable bonds is 7. The molecule has 0 amide bonds. The predicted octanol–water partition coefficient (Wildman–Crippen LogP) is 3.90. The summed E-state index contributed by atoms with van der Waals surface area (Å²) >= 11 is 2.02. The highest BCUT2D eigenvalue weighted by Gasteiger charge is 2.22. The summed E-state index contributed by atoms with van der Waals surface area (Å²) in [6.45, 7) is 13.3. The van der Waals surface area contributed by atoms with Crippen LogP contribution in [-0.4, -0.2) is 60.5 Å². The van der Waals surface area contributed by atoms with Crippen LogP contribution in [0.1, 0.15) is 49.3 Å². The van der Waals surface area contributed by atoms with Gasteiger partial charge in [0.1, 0.15) is 0 Å². The van der Waals surface area contributed by atoms with Crippen LogP contribution in [0.25, 0.3) is 0 Å². The largest absolute Gasteiger partial charge is 0.301 e. The van der Waals surface area contributed by atoms with E-state index in [1.807, 2.05) is 11.3 Å². The van der Waals surface area contributed by atoms with Crippen molar-refractivity contribution in [1.29, 1.82) is 0 Å². The van der Waals surface area contributed by atoms with Crippen LogP contribution in [0.4, 0.5) is 0 Å². The molecule has 0 bridgehead atoms. The summed E-state index contributed by atoms with van der Waals surface area (Å²) in [5.41, 5.74) is 0. The minimum absolute atomic E-state index is 0.698. The fraction of sp³-hybridized carbons (Fsp3) is 0.800. The molecule has 3 nitrogen and oxygen atoms in total. The zero-order valence-corrected chi connectivity index (χ0v) is 16.7. The molecule has 0 unspecified atom stereocenters. The third-order valence-corrected chi connectivity index (χ3v) is 6.63. The van der Waals surface area contributed by atoms with Crippen molar-refractivity contribution in [2.24, 2.45) is 5.92 Å². The van der Waals surface area contributed by atoms with Gasteiger partial charge in [0.05, 0.1) is 0 Å². The lowest BCUT2D eigenvalue weighted by Crippen LogP contribution is -2.43. The second kappa shape index (κ2) is 8.79. The second-order valence-electron chi connectivity index (χ2n) is 8.14. The Bertz CT molecular complexity index is 493. The Kier molecular flexibility index (Phi) is 6.73. The third kappa shape index (κ3) is 5.29. The molecule has 136 valence electrons. The van der Waals surface area contributed by atoms with Crippen LogP contribution < -0.4 is 0 Å². The summed E-state index contributed by atoms with van der Waals surface area (Å²) in [5, 5.41) is 0. The molecule has 1 atom stereocenters. The highest BCUT2D eigenvalue weighted by Crippen LogP contribution is 2.23. The molecule has 2 aliphatic heterocycles. The van der Waals surface area contributed by atoms with Crippen molar-refractivity contribution in [3.8, 4) is 0 Å². The van der Waals surface area contributed by atoms with E-state index < -0.39 is 0 Å². The topological polar surface area (TPSA) is 9.72 Å². The van der Waals surface area contributed by atoms with Gasteiger partial charge in [-0.25, -0.2) is 0 Å². The highest BCUT2D eigenvalue weighted by molar-refractivity contribution is 7.11. The van der Waals surface area contributed by atoms with Crippen molar-refractivity contribution in [3.63, 3.8) is 0 Å².